The predicted octanol–water partition coefficient (Wildman–Crippen LogP) is -0.0132. The van der Waals surface area contributed by atoms with E-state index in [0.717, 1.165) is 18.3 Å². The van der Waals surface area contributed by atoms with E-state index >= 15 is 0 Å². The van der Waals surface area contributed by atoms with Crippen LogP contribution in [0.4, 0.5) is 0 Å². The molecule has 0 saturated carbocycles. The first-order valence-electron chi connectivity index (χ1n) is 7.32. The molecule has 3 rings (SSSR count). The van der Waals surface area contributed by atoms with Crippen LogP contribution in [0.15, 0.2) is 6.20 Å². The first-order valence-corrected chi connectivity index (χ1v) is 7.32. The first-order chi connectivity index (χ1) is 9.35. The zero-order valence-corrected chi connectivity index (χ0v) is 11.3. The lowest BCUT2D eigenvalue weighted by Crippen LogP contribution is -2.45. The second kappa shape index (κ2) is 5.98. The van der Waals surface area contributed by atoms with Gasteiger partial charge in [0.15, 0.2) is 0 Å². The van der Waals surface area contributed by atoms with Crippen molar-refractivity contribution in [3.63, 3.8) is 0 Å². The van der Waals surface area contributed by atoms with Gasteiger partial charge < -0.3 is 15.3 Å². The maximum absolute atomic E-state index is 8.84. The predicted molar refractivity (Wildman–Crippen MR) is 71.6 cm³/mol. The summed E-state index contributed by atoms with van der Waals surface area (Å²) < 4.78 is 1.69. The minimum Gasteiger partial charge on any atom is -0.394 e. The molecule has 0 bridgehead atoms. The topological polar surface area (TPSA) is 66.2 Å². The molecule has 2 unspecified atom stereocenters. The molecule has 19 heavy (non-hydrogen) atoms. The molecule has 0 aliphatic carbocycles. The molecule has 2 N–H and O–H groups in total. The zero-order valence-electron chi connectivity index (χ0n) is 11.3. The second-order valence-corrected chi connectivity index (χ2v) is 5.63. The Labute approximate surface area is 113 Å². The molecular weight excluding hydrogens is 242 g/mol. The number of aliphatic hydroxyl groups excluding tert-OH is 1. The molecule has 0 radical (unpaired) electrons. The molecule has 2 aliphatic heterocycles. The summed E-state index contributed by atoms with van der Waals surface area (Å²) in [7, 11) is 0. The monoisotopic (exact) mass is 265 g/mol. The molecule has 1 aromatic rings. The summed E-state index contributed by atoms with van der Waals surface area (Å²) >= 11 is 0. The Balaban J connectivity index is 1.46. The van der Waals surface area contributed by atoms with Crippen molar-refractivity contribution in [1.29, 1.82) is 0 Å². The normalized spacial score (nSPS) is 27.6. The Morgan fingerprint density at radius 1 is 1.37 bits per heavy atom. The quantitative estimate of drug-likeness (QED) is 0.784. The van der Waals surface area contributed by atoms with Crippen LogP contribution in [-0.2, 0) is 13.1 Å². The van der Waals surface area contributed by atoms with Gasteiger partial charge in [-0.1, -0.05) is 5.21 Å². The average molecular weight is 265 g/mol. The van der Waals surface area contributed by atoms with Gasteiger partial charge in [0, 0.05) is 24.8 Å². The standard InChI is InChI=1S/C13H23N5O/c19-7-6-18-10-12(15-16-18)9-14-11-3-5-17-4-1-2-13(17)8-11/h10-11,13-14,19H,1-9H2. The maximum atomic E-state index is 8.84. The lowest BCUT2D eigenvalue weighted by molar-refractivity contribution is 0.166. The lowest BCUT2D eigenvalue weighted by Gasteiger charge is -2.35. The zero-order chi connectivity index (χ0) is 13.1. The number of rotatable bonds is 5. The van der Waals surface area contributed by atoms with E-state index in [4.69, 9.17) is 5.11 Å². The van der Waals surface area contributed by atoms with Gasteiger partial charge in [0.25, 0.3) is 0 Å². The van der Waals surface area contributed by atoms with E-state index in [1.807, 2.05) is 6.20 Å². The van der Waals surface area contributed by atoms with Gasteiger partial charge in [-0.25, -0.2) is 4.68 Å². The molecule has 6 nitrogen and oxygen atoms in total. The number of fused-ring (bicyclic) bond motifs is 1. The third kappa shape index (κ3) is 3.13. The van der Waals surface area contributed by atoms with Crippen LogP contribution in [-0.4, -0.2) is 56.8 Å². The van der Waals surface area contributed by atoms with Gasteiger partial charge in [0.1, 0.15) is 0 Å². The summed E-state index contributed by atoms with van der Waals surface area (Å²) in [5.41, 5.74) is 0.960. The number of aromatic nitrogens is 3. The van der Waals surface area contributed by atoms with E-state index in [0.29, 0.717) is 12.6 Å². The van der Waals surface area contributed by atoms with Crippen LogP contribution in [0, 0.1) is 0 Å². The Kier molecular flexibility index (Phi) is 4.10. The molecule has 3 heterocycles. The van der Waals surface area contributed by atoms with Crippen molar-refractivity contribution in [3.8, 4) is 0 Å². The van der Waals surface area contributed by atoms with Crippen molar-refractivity contribution in [2.75, 3.05) is 19.7 Å². The summed E-state index contributed by atoms with van der Waals surface area (Å²) in [5, 5.41) is 20.5. The van der Waals surface area contributed by atoms with E-state index in [2.05, 4.69) is 20.5 Å². The molecular formula is C13H23N5O. The fourth-order valence-corrected chi connectivity index (χ4v) is 3.29. The fourth-order valence-electron chi connectivity index (χ4n) is 3.29. The maximum Gasteiger partial charge on any atom is 0.0964 e. The van der Waals surface area contributed by atoms with Gasteiger partial charge in [-0.05, 0) is 38.8 Å². The Morgan fingerprint density at radius 3 is 3.21 bits per heavy atom. The highest BCUT2D eigenvalue weighted by Gasteiger charge is 2.31. The van der Waals surface area contributed by atoms with Crippen LogP contribution in [0.2, 0.25) is 0 Å². The van der Waals surface area contributed by atoms with Gasteiger partial charge in [-0.3, -0.25) is 0 Å². The first kappa shape index (κ1) is 13.0. The van der Waals surface area contributed by atoms with Crippen LogP contribution in [0.25, 0.3) is 0 Å². The van der Waals surface area contributed by atoms with E-state index < -0.39 is 0 Å². The number of nitrogens with one attached hydrogen (secondary N) is 1. The molecule has 0 amide bonds. The summed E-state index contributed by atoms with van der Waals surface area (Å²) in [6, 6.07) is 1.42. The second-order valence-electron chi connectivity index (χ2n) is 5.63. The highest BCUT2D eigenvalue weighted by molar-refractivity contribution is 4.94. The Morgan fingerprint density at radius 2 is 2.32 bits per heavy atom. The van der Waals surface area contributed by atoms with Crippen molar-refractivity contribution in [1.82, 2.24) is 25.2 Å². The molecule has 2 saturated heterocycles. The van der Waals surface area contributed by atoms with Crippen molar-refractivity contribution < 1.29 is 5.11 Å². The number of piperidine rings is 1. The van der Waals surface area contributed by atoms with E-state index in [1.54, 1.807) is 4.68 Å². The molecule has 2 atom stereocenters. The fraction of sp³-hybridized carbons (Fsp3) is 0.846. The van der Waals surface area contributed by atoms with Crippen LogP contribution < -0.4 is 5.32 Å². The minimum absolute atomic E-state index is 0.108. The number of hydrogen-bond acceptors (Lipinski definition) is 5. The molecule has 106 valence electrons. The van der Waals surface area contributed by atoms with Crippen molar-refractivity contribution in [2.24, 2.45) is 0 Å². The molecule has 2 aliphatic rings. The molecule has 1 aromatic heterocycles. The van der Waals surface area contributed by atoms with Crippen molar-refractivity contribution >= 4 is 0 Å². The average Bonchev–Trinajstić information content (AvgIpc) is 3.04. The summed E-state index contributed by atoms with van der Waals surface area (Å²) in [5.74, 6) is 0. The van der Waals surface area contributed by atoms with Crippen LogP contribution in [0.1, 0.15) is 31.4 Å². The largest absolute Gasteiger partial charge is 0.394 e. The Bertz CT molecular complexity index is 407. The highest BCUT2D eigenvalue weighted by Crippen LogP contribution is 2.26. The molecule has 0 aromatic carbocycles. The number of nitrogens with zero attached hydrogens (tertiary/aromatic N) is 4. The van der Waals surface area contributed by atoms with E-state index in [-0.39, 0.29) is 6.61 Å². The SMILES string of the molecule is OCCn1cc(CNC2CCN3CCCC3C2)nn1. The third-order valence-electron chi connectivity index (χ3n) is 4.31. The van der Waals surface area contributed by atoms with Gasteiger partial charge in [0.05, 0.1) is 18.8 Å². The van der Waals surface area contributed by atoms with E-state index in [9.17, 15) is 0 Å². The van der Waals surface area contributed by atoms with Gasteiger partial charge in [-0.15, -0.1) is 5.10 Å². The molecule has 0 spiro atoms. The summed E-state index contributed by atoms with van der Waals surface area (Å²) in [6.07, 6.45) is 7.15. The highest BCUT2D eigenvalue weighted by atomic mass is 16.3. The van der Waals surface area contributed by atoms with Crippen LogP contribution in [0.5, 0.6) is 0 Å². The van der Waals surface area contributed by atoms with Crippen molar-refractivity contribution in [3.05, 3.63) is 11.9 Å². The summed E-state index contributed by atoms with van der Waals surface area (Å²) in [6.45, 7) is 3.94. The lowest BCUT2D eigenvalue weighted by atomic mass is 9.97. The molecule has 6 heteroatoms. The summed E-state index contributed by atoms with van der Waals surface area (Å²) in [4.78, 5) is 2.63. The van der Waals surface area contributed by atoms with Crippen LogP contribution >= 0.6 is 0 Å². The Hall–Kier alpha value is -0.980. The smallest absolute Gasteiger partial charge is 0.0964 e. The third-order valence-corrected chi connectivity index (χ3v) is 4.31. The van der Waals surface area contributed by atoms with Crippen molar-refractivity contribution in [2.45, 2.75) is 50.9 Å². The van der Waals surface area contributed by atoms with E-state index in [1.165, 1.54) is 38.8 Å². The minimum atomic E-state index is 0.108. The number of aliphatic hydroxyl groups is 1. The van der Waals surface area contributed by atoms with Gasteiger partial charge in [-0.2, -0.15) is 0 Å². The molecule has 2 fully saturated rings. The van der Waals surface area contributed by atoms with Gasteiger partial charge >= 0.3 is 0 Å². The van der Waals surface area contributed by atoms with Crippen LogP contribution in [0.3, 0.4) is 0 Å². The van der Waals surface area contributed by atoms with Gasteiger partial charge in [0.2, 0.25) is 0 Å². The number of hydrogen-bond donors (Lipinski definition) is 2.